The standard InChI is InChI=1S/C23H33N3O4S/c1-17(27)26-14-6-7-18-15-21(11-12-22(18)26)31(29,30)25-13-5-8-19(16-25)23(28)24-20-9-3-2-4-10-20/h11-12,15,19-20H,2-10,13-14,16H2,1H3,(H,24,28)/t19-/m1/s1. The van der Waals surface area contributed by atoms with Crippen LogP contribution in [0.15, 0.2) is 23.1 Å². The van der Waals surface area contributed by atoms with E-state index in [0.717, 1.165) is 56.2 Å². The molecular formula is C23H33N3O4S. The molecule has 31 heavy (non-hydrogen) atoms. The Labute approximate surface area is 185 Å². The number of carbonyl (C=O) groups is 2. The van der Waals surface area contributed by atoms with Crippen molar-refractivity contribution < 1.29 is 18.0 Å². The summed E-state index contributed by atoms with van der Waals surface area (Å²) in [7, 11) is -3.68. The Morgan fingerprint density at radius 2 is 1.77 bits per heavy atom. The van der Waals surface area contributed by atoms with E-state index in [2.05, 4.69) is 5.32 Å². The lowest BCUT2D eigenvalue weighted by atomic mass is 9.93. The average Bonchev–Trinajstić information content (AvgIpc) is 2.79. The summed E-state index contributed by atoms with van der Waals surface area (Å²) in [5.74, 6) is -0.329. The van der Waals surface area contributed by atoms with Crippen LogP contribution in [0.3, 0.4) is 0 Å². The highest BCUT2D eigenvalue weighted by Gasteiger charge is 2.34. The Bertz CT molecular complexity index is 940. The molecule has 1 N–H and O–H groups in total. The van der Waals surface area contributed by atoms with Crippen molar-refractivity contribution in [1.29, 1.82) is 0 Å². The van der Waals surface area contributed by atoms with E-state index in [1.807, 2.05) is 0 Å². The first-order valence-corrected chi connectivity index (χ1v) is 13.0. The molecule has 2 heterocycles. The molecule has 8 heteroatoms. The molecule has 1 saturated heterocycles. The molecule has 0 aromatic heterocycles. The molecule has 0 bridgehead atoms. The van der Waals surface area contributed by atoms with Crippen LogP contribution < -0.4 is 10.2 Å². The van der Waals surface area contributed by atoms with Crippen LogP contribution in [0.4, 0.5) is 5.69 Å². The number of piperidine rings is 1. The summed E-state index contributed by atoms with van der Waals surface area (Å²) >= 11 is 0. The summed E-state index contributed by atoms with van der Waals surface area (Å²) < 4.78 is 28.2. The van der Waals surface area contributed by atoms with Crippen LogP contribution in [-0.2, 0) is 26.0 Å². The van der Waals surface area contributed by atoms with E-state index in [1.54, 1.807) is 23.1 Å². The molecule has 1 aliphatic carbocycles. The summed E-state index contributed by atoms with van der Waals surface area (Å²) in [6.45, 7) is 2.87. The van der Waals surface area contributed by atoms with Gasteiger partial charge >= 0.3 is 0 Å². The van der Waals surface area contributed by atoms with Crippen LogP contribution in [0.5, 0.6) is 0 Å². The zero-order valence-corrected chi connectivity index (χ0v) is 19.1. The van der Waals surface area contributed by atoms with E-state index >= 15 is 0 Å². The van der Waals surface area contributed by atoms with Crippen LogP contribution >= 0.6 is 0 Å². The smallest absolute Gasteiger partial charge is 0.243 e. The zero-order chi connectivity index (χ0) is 22.0. The molecule has 2 fully saturated rings. The van der Waals surface area contributed by atoms with Crippen molar-refractivity contribution in [3.05, 3.63) is 23.8 Å². The summed E-state index contributed by atoms with van der Waals surface area (Å²) in [5.41, 5.74) is 1.70. The van der Waals surface area contributed by atoms with Gasteiger partial charge in [0.2, 0.25) is 21.8 Å². The van der Waals surface area contributed by atoms with E-state index in [9.17, 15) is 18.0 Å². The van der Waals surface area contributed by atoms with Gasteiger partial charge < -0.3 is 10.2 Å². The molecular weight excluding hydrogens is 414 g/mol. The lowest BCUT2D eigenvalue weighted by Gasteiger charge is -2.33. The normalized spacial score (nSPS) is 23.3. The monoisotopic (exact) mass is 447 g/mol. The highest BCUT2D eigenvalue weighted by molar-refractivity contribution is 7.89. The second-order valence-corrected chi connectivity index (χ2v) is 11.0. The van der Waals surface area contributed by atoms with Gasteiger partial charge in [-0.25, -0.2) is 8.42 Å². The number of sulfonamides is 1. The van der Waals surface area contributed by atoms with Gasteiger partial charge in [0.25, 0.3) is 0 Å². The second-order valence-electron chi connectivity index (χ2n) is 9.11. The lowest BCUT2D eigenvalue weighted by Crippen LogP contribution is -2.47. The minimum Gasteiger partial charge on any atom is -0.353 e. The molecule has 1 saturated carbocycles. The molecule has 3 aliphatic rings. The number of benzene rings is 1. The minimum absolute atomic E-state index is 0.00524. The molecule has 170 valence electrons. The molecule has 1 atom stereocenters. The van der Waals surface area contributed by atoms with Gasteiger partial charge in [-0.2, -0.15) is 4.31 Å². The van der Waals surface area contributed by atoms with Gasteiger partial charge in [0.05, 0.1) is 10.8 Å². The predicted octanol–water partition coefficient (Wildman–Crippen LogP) is 2.84. The second kappa shape index (κ2) is 9.28. The fraction of sp³-hybridized carbons (Fsp3) is 0.652. The lowest BCUT2D eigenvalue weighted by molar-refractivity contribution is -0.127. The van der Waals surface area contributed by atoms with E-state index in [-0.39, 0.29) is 35.2 Å². The number of nitrogens with one attached hydrogen (secondary N) is 1. The van der Waals surface area contributed by atoms with Gasteiger partial charge in [-0.3, -0.25) is 9.59 Å². The first-order chi connectivity index (χ1) is 14.9. The van der Waals surface area contributed by atoms with Crippen LogP contribution in [0.25, 0.3) is 0 Å². The van der Waals surface area contributed by atoms with Gasteiger partial charge in [0.15, 0.2) is 0 Å². The Balaban J connectivity index is 1.48. The quantitative estimate of drug-likeness (QED) is 0.769. The van der Waals surface area contributed by atoms with Crippen molar-refractivity contribution in [3.8, 4) is 0 Å². The Hall–Kier alpha value is -1.93. The van der Waals surface area contributed by atoms with Crippen molar-refractivity contribution in [3.63, 3.8) is 0 Å². The highest BCUT2D eigenvalue weighted by atomic mass is 32.2. The largest absolute Gasteiger partial charge is 0.353 e. The minimum atomic E-state index is -3.68. The fourth-order valence-corrected chi connectivity index (χ4v) is 6.73. The number of aryl methyl sites for hydroxylation is 1. The van der Waals surface area contributed by atoms with Crippen LogP contribution in [0, 0.1) is 5.92 Å². The third-order valence-corrected chi connectivity index (χ3v) is 8.76. The number of hydrogen-bond donors (Lipinski definition) is 1. The van der Waals surface area contributed by atoms with E-state index < -0.39 is 10.0 Å². The molecule has 2 aliphatic heterocycles. The van der Waals surface area contributed by atoms with Gasteiger partial charge in [0, 0.05) is 38.3 Å². The topological polar surface area (TPSA) is 86.8 Å². The van der Waals surface area contributed by atoms with Gasteiger partial charge in [-0.05, 0) is 62.3 Å². The SMILES string of the molecule is CC(=O)N1CCCc2cc(S(=O)(=O)N3CCC[C@@H](C(=O)NC4CCCCC4)C3)ccc21. The highest BCUT2D eigenvalue weighted by Crippen LogP contribution is 2.32. The number of anilines is 1. The third-order valence-electron chi connectivity index (χ3n) is 6.89. The number of nitrogens with zero attached hydrogens (tertiary/aromatic N) is 2. The summed E-state index contributed by atoms with van der Waals surface area (Å²) in [6, 6.07) is 5.30. The van der Waals surface area contributed by atoms with Crippen molar-refractivity contribution in [1.82, 2.24) is 9.62 Å². The van der Waals surface area contributed by atoms with E-state index in [0.29, 0.717) is 19.5 Å². The molecule has 4 rings (SSSR count). The van der Waals surface area contributed by atoms with Crippen LogP contribution in [0.2, 0.25) is 0 Å². The van der Waals surface area contributed by atoms with E-state index in [4.69, 9.17) is 0 Å². The maximum absolute atomic E-state index is 13.4. The number of rotatable bonds is 4. The Morgan fingerprint density at radius 1 is 1.00 bits per heavy atom. The summed E-state index contributed by atoms with van der Waals surface area (Å²) in [4.78, 5) is 26.7. The van der Waals surface area contributed by atoms with Gasteiger partial charge in [-0.15, -0.1) is 0 Å². The maximum atomic E-state index is 13.4. The summed E-state index contributed by atoms with van der Waals surface area (Å²) in [6.07, 6.45) is 8.56. The third kappa shape index (κ3) is 4.80. The van der Waals surface area contributed by atoms with Gasteiger partial charge in [0.1, 0.15) is 0 Å². The van der Waals surface area contributed by atoms with Crippen LogP contribution in [-0.4, -0.2) is 50.2 Å². The Morgan fingerprint density at radius 3 is 2.52 bits per heavy atom. The molecule has 1 aromatic carbocycles. The van der Waals surface area contributed by atoms with Gasteiger partial charge in [-0.1, -0.05) is 19.3 Å². The predicted molar refractivity (Wildman–Crippen MR) is 119 cm³/mol. The van der Waals surface area contributed by atoms with Crippen molar-refractivity contribution in [2.24, 2.45) is 5.92 Å². The maximum Gasteiger partial charge on any atom is 0.243 e. The average molecular weight is 448 g/mol. The summed E-state index contributed by atoms with van der Waals surface area (Å²) in [5, 5.41) is 3.16. The number of fused-ring (bicyclic) bond motifs is 1. The Kier molecular flexibility index (Phi) is 6.67. The molecule has 1 aromatic rings. The van der Waals surface area contributed by atoms with Crippen molar-refractivity contribution >= 4 is 27.5 Å². The fourth-order valence-electron chi connectivity index (χ4n) is 5.15. The number of hydrogen-bond acceptors (Lipinski definition) is 4. The number of carbonyl (C=O) groups excluding carboxylic acids is 2. The zero-order valence-electron chi connectivity index (χ0n) is 18.3. The molecule has 0 unspecified atom stereocenters. The molecule has 0 spiro atoms. The number of amides is 2. The van der Waals surface area contributed by atoms with Crippen molar-refractivity contribution in [2.75, 3.05) is 24.5 Å². The van der Waals surface area contributed by atoms with Crippen LogP contribution in [0.1, 0.15) is 63.9 Å². The molecule has 7 nitrogen and oxygen atoms in total. The molecule has 0 radical (unpaired) electrons. The first kappa shape index (κ1) is 22.3. The first-order valence-electron chi connectivity index (χ1n) is 11.6. The van der Waals surface area contributed by atoms with Crippen molar-refractivity contribution in [2.45, 2.75) is 75.6 Å². The van der Waals surface area contributed by atoms with E-state index in [1.165, 1.54) is 17.6 Å². The molecule has 2 amide bonds.